The molecule has 4 aromatic rings. The van der Waals surface area contributed by atoms with Crippen molar-refractivity contribution in [3.63, 3.8) is 0 Å². The standard InChI is InChI=1S/C29H23N3O6S/c1-3-38-28(34)24-25(19-8-5-4-6-9-19)30-29-31(26(24)20-10-7-11-22(17-20)37-2)27(33)23(39-29)16-18-12-14-21(15-13-18)32(35)36/h4-17,26H,3H2,1-2H3/b23-16-/t26-/m1/s1. The van der Waals surface area contributed by atoms with E-state index >= 15 is 0 Å². The number of esters is 1. The molecule has 0 saturated carbocycles. The highest BCUT2D eigenvalue weighted by Crippen LogP contribution is 2.36. The number of nitro groups is 1. The highest BCUT2D eigenvalue weighted by atomic mass is 32.1. The normalized spacial score (nSPS) is 14.9. The molecule has 1 atom stereocenters. The highest BCUT2D eigenvalue weighted by Gasteiger charge is 2.35. The molecule has 1 aromatic heterocycles. The third-order valence-electron chi connectivity index (χ3n) is 6.18. The second-order valence-corrected chi connectivity index (χ2v) is 9.57. The van der Waals surface area contributed by atoms with Crippen LogP contribution < -0.4 is 19.6 Å². The van der Waals surface area contributed by atoms with E-state index in [1.165, 1.54) is 28.0 Å². The van der Waals surface area contributed by atoms with Crippen LogP contribution in [0.25, 0.3) is 11.8 Å². The van der Waals surface area contributed by atoms with E-state index < -0.39 is 16.9 Å². The zero-order valence-corrected chi connectivity index (χ0v) is 21.9. The summed E-state index contributed by atoms with van der Waals surface area (Å²) >= 11 is 1.18. The Labute approximate surface area is 226 Å². The summed E-state index contributed by atoms with van der Waals surface area (Å²) in [6, 6.07) is 21.6. The van der Waals surface area contributed by atoms with Crippen LogP contribution >= 0.6 is 11.3 Å². The number of methoxy groups -OCH3 is 1. The summed E-state index contributed by atoms with van der Waals surface area (Å²) in [5.74, 6) is -0.000418. The Hall–Kier alpha value is -4.83. The highest BCUT2D eigenvalue weighted by molar-refractivity contribution is 7.07. The molecule has 3 aromatic carbocycles. The van der Waals surface area contributed by atoms with Crippen LogP contribution in [0.4, 0.5) is 5.69 Å². The minimum Gasteiger partial charge on any atom is -0.497 e. The molecule has 0 spiro atoms. The van der Waals surface area contributed by atoms with Gasteiger partial charge in [0.15, 0.2) is 4.80 Å². The molecule has 1 aliphatic heterocycles. The molecule has 39 heavy (non-hydrogen) atoms. The van der Waals surface area contributed by atoms with E-state index in [4.69, 9.17) is 14.5 Å². The average Bonchev–Trinajstić information content (AvgIpc) is 3.27. The lowest BCUT2D eigenvalue weighted by atomic mass is 9.93. The molecule has 9 nitrogen and oxygen atoms in total. The van der Waals surface area contributed by atoms with Crippen molar-refractivity contribution in [2.24, 2.45) is 4.99 Å². The fourth-order valence-electron chi connectivity index (χ4n) is 4.41. The maximum absolute atomic E-state index is 13.9. The van der Waals surface area contributed by atoms with E-state index in [-0.39, 0.29) is 23.4 Å². The SMILES string of the molecule is CCOC(=O)C1=C(c2ccccc2)N=c2s/c(=C\c3ccc([N+](=O)[O-])cc3)c(=O)n2[C@@H]1c1cccc(OC)c1. The van der Waals surface area contributed by atoms with Crippen molar-refractivity contribution in [2.75, 3.05) is 13.7 Å². The summed E-state index contributed by atoms with van der Waals surface area (Å²) in [6.45, 7) is 1.88. The lowest BCUT2D eigenvalue weighted by Gasteiger charge is -2.26. The minimum absolute atomic E-state index is 0.0433. The van der Waals surface area contributed by atoms with Gasteiger partial charge >= 0.3 is 5.97 Å². The quantitative estimate of drug-likeness (QED) is 0.200. The molecule has 10 heteroatoms. The van der Waals surface area contributed by atoms with Gasteiger partial charge in [-0.1, -0.05) is 53.8 Å². The lowest BCUT2D eigenvalue weighted by molar-refractivity contribution is -0.384. The first-order valence-corrected chi connectivity index (χ1v) is 12.9. The number of carbonyl (C=O) groups is 1. The van der Waals surface area contributed by atoms with Gasteiger partial charge in [0.05, 0.1) is 40.5 Å². The summed E-state index contributed by atoms with van der Waals surface area (Å²) in [6.07, 6.45) is 1.66. The van der Waals surface area contributed by atoms with Crippen molar-refractivity contribution in [3.05, 3.63) is 131 Å². The molecule has 0 amide bonds. The van der Waals surface area contributed by atoms with Gasteiger partial charge in [0.2, 0.25) is 0 Å². The van der Waals surface area contributed by atoms with E-state index in [9.17, 15) is 19.7 Å². The van der Waals surface area contributed by atoms with Crippen LogP contribution in [0, 0.1) is 10.1 Å². The number of thiazole rings is 1. The van der Waals surface area contributed by atoms with Crippen LogP contribution in [-0.4, -0.2) is 29.2 Å². The van der Waals surface area contributed by atoms with Gasteiger partial charge < -0.3 is 9.47 Å². The molecular formula is C29H23N3O6S. The van der Waals surface area contributed by atoms with Crippen LogP contribution in [0.1, 0.15) is 29.7 Å². The molecule has 196 valence electrons. The van der Waals surface area contributed by atoms with E-state index in [1.807, 2.05) is 36.4 Å². The molecule has 0 fully saturated rings. The van der Waals surface area contributed by atoms with Crippen LogP contribution in [0.3, 0.4) is 0 Å². The van der Waals surface area contributed by atoms with E-state index in [2.05, 4.69) is 0 Å². The van der Waals surface area contributed by atoms with Gasteiger partial charge in [0.1, 0.15) is 5.75 Å². The summed E-state index contributed by atoms with van der Waals surface area (Å²) in [5.41, 5.74) is 2.26. The molecule has 1 aliphatic rings. The number of hydrogen-bond acceptors (Lipinski definition) is 8. The molecule has 0 saturated heterocycles. The number of benzene rings is 3. The van der Waals surface area contributed by atoms with E-state index in [0.29, 0.717) is 37.5 Å². The molecule has 0 bridgehead atoms. The first-order valence-electron chi connectivity index (χ1n) is 12.1. The van der Waals surface area contributed by atoms with Crippen molar-refractivity contribution in [2.45, 2.75) is 13.0 Å². The van der Waals surface area contributed by atoms with Crippen LogP contribution in [0.2, 0.25) is 0 Å². The summed E-state index contributed by atoms with van der Waals surface area (Å²) < 4.78 is 12.8. The van der Waals surface area contributed by atoms with E-state index in [1.54, 1.807) is 50.4 Å². The number of aromatic nitrogens is 1. The van der Waals surface area contributed by atoms with Crippen molar-refractivity contribution in [1.29, 1.82) is 0 Å². The predicted octanol–water partition coefficient (Wildman–Crippen LogP) is 3.85. The number of fused-ring (bicyclic) bond motifs is 1. The van der Waals surface area contributed by atoms with E-state index in [0.717, 1.165) is 0 Å². The van der Waals surface area contributed by atoms with Crippen LogP contribution in [-0.2, 0) is 9.53 Å². The molecule has 0 unspecified atom stereocenters. The molecule has 0 N–H and O–H groups in total. The summed E-state index contributed by atoms with van der Waals surface area (Å²) in [7, 11) is 1.55. The number of nitrogens with zero attached hydrogens (tertiary/aromatic N) is 3. The van der Waals surface area contributed by atoms with Gasteiger partial charge in [-0.2, -0.15) is 0 Å². The van der Waals surface area contributed by atoms with Crippen molar-refractivity contribution in [1.82, 2.24) is 4.57 Å². The van der Waals surface area contributed by atoms with Crippen molar-refractivity contribution >= 4 is 34.8 Å². The third-order valence-corrected chi connectivity index (χ3v) is 7.17. The Kier molecular flexibility index (Phi) is 7.20. The monoisotopic (exact) mass is 541 g/mol. The fraction of sp³-hybridized carbons (Fsp3) is 0.138. The Bertz CT molecular complexity index is 1770. The number of ether oxygens (including phenoxy) is 2. The number of hydrogen-bond donors (Lipinski definition) is 0. The first-order chi connectivity index (χ1) is 18.9. The molecule has 0 aliphatic carbocycles. The smallest absolute Gasteiger partial charge is 0.338 e. The number of non-ortho nitro benzene ring substituents is 1. The Morgan fingerprint density at radius 2 is 1.85 bits per heavy atom. The predicted molar refractivity (Wildman–Crippen MR) is 147 cm³/mol. The van der Waals surface area contributed by atoms with Crippen LogP contribution in [0.5, 0.6) is 5.75 Å². The van der Waals surface area contributed by atoms with Crippen LogP contribution in [0.15, 0.2) is 94.2 Å². The van der Waals surface area contributed by atoms with Crippen molar-refractivity contribution in [3.8, 4) is 5.75 Å². The Morgan fingerprint density at radius 3 is 2.51 bits per heavy atom. The largest absolute Gasteiger partial charge is 0.497 e. The maximum Gasteiger partial charge on any atom is 0.338 e. The minimum atomic E-state index is -0.829. The lowest BCUT2D eigenvalue weighted by Crippen LogP contribution is -2.40. The van der Waals surface area contributed by atoms with Gasteiger partial charge in [-0.3, -0.25) is 19.5 Å². The average molecular weight is 542 g/mol. The zero-order chi connectivity index (χ0) is 27.5. The number of carbonyl (C=O) groups excluding carboxylic acids is 1. The zero-order valence-electron chi connectivity index (χ0n) is 21.1. The molecular weight excluding hydrogens is 518 g/mol. The second-order valence-electron chi connectivity index (χ2n) is 8.56. The number of nitro benzene ring substituents is 1. The summed E-state index contributed by atoms with van der Waals surface area (Å²) in [5, 5.41) is 11.0. The fourth-order valence-corrected chi connectivity index (χ4v) is 5.41. The third kappa shape index (κ3) is 5.01. The van der Waals surface area contributed by atoms with Gasteiger partial charge in [-0.15, -0.1) is 0 Å². The number of rotatable bonds is 7. The van der Waals surface area contributed by atoms with Crippen molar-refractivity contribution < 1.29 is 19.2 Å². The van der Waals surface area contributed by atoms with Gasteiger partial charge in [0, 0.05) is 17.7 Å². The molecule has 2 heterocycles. The van der Waals surface area contributed by atoms with Gasteiger partial charge in [-0.05, 0) is 48.4 Å². The summed E-state index contributed by atoms with van der Waals surface area (Å²) in [4.78, 5) is 43.1. The van der Waals surface area contributed by atoms with Gasteiger partial charge in [-0.25, -0.2) is 9.79 Å². The maximum atomic E-state index is 13.9. The molecule has 5 rings (SSSR count). The Balaban J connectivity index is 1.80. The second kappa shape index (κ2) is 10.9. The molecule has 0 radical (unpaired) electrons. The topological polar surface area (TPSA) is 113 Å². The Morgan fingerprint density at radius 1 is 1.10 bits per heavy atom. The van der Waals surface area contributed by atoms with Gasteiger partial charge in [0.25, 0.3) is 11.2 Å². The first kappa shape index (κ1) is 25.8.